The molecule has 2 heteroatoms. The van der Waals surface area contributed by atoms with E-state index in [-0.39, 0.29) is 5.41 Å². The average Bonchev–Trinajstić information content (AvgIpc) is 2.59. The molecule has 0 aromatic heterocycles. The van der Waals surface area contributed by atoms with Crippen LogP contribution in [0.5, 0.6) is 0 Å². The van der Waals surface area contributed by atoms with Crippen LogP contribution in [0.15, 0.2) is 0 Å². The number of carboxylic acid groups (broad SMARTS) is 1. The quantitative estimate of drug-likeness (QED) is 0.219. The fourth-order valence-electron chi connectivity index (χ4n) is 4.04. The number of carbonyl (C=O) groups is 1. The molecule has 0 amide bonds. The summed E-state index contributed by atoms with van der Waals surface area (Å²) < 4.78 is 0. The Kier molecular flexibility index (Phi) is 17.5. The van der Waals surface area contributed by atoms with Crippen LogP contribution in [0.2, 0.25) is 0 Å². The smallest absolute Gasteiger partial charge is 0.303 e. The van der Waals surface area contributed by atoms with Crippen molar-refractivity contribution in [2.45, 2.75) is 143 Å². The Bertz CT molecular complexity index is 291. The van der Waals surface area contributed by atoms with Gasteiger partial charge in [0.15, 0.2) is 0 Å². The maximum Gasteiger partial charge on any atom is 0.303 e. The van der Waals surface area contributed by atoms with Gasteiger partial charge in [0.25, 0.3) is 0 Å². The second kappa shape index (κ2) is 17.9. The largest absolute Gasteiger partial charge is 0.481 e. The molecule has 0 aliphatic rings. The summed E-state index contributed by atoms with van der Waals surface area (Å²) in [5, 5.41) is 9.30. The Morgan fingerprint density at radius 3 is 1.23 bits per heavy atom. The molecule has 0 aliphatic heterocycles. The lowest BCUT2D eigenvalue weighted by molar-refractivity contribution is -0.139. The van der Waals surface area contributed by atoms with Gasteiger partial charge in [0, 0.05) is 0 Å². The molecule has 2 nitrogen and oxygen atoms in total. The van der Waals surface area contributed by atoms with Crippen molar-refractivity contribution < 1.29 is 9.90 Å². The Labute approximate surface area is 164 Å². The Balaban J connectivity index is 3.84. The van der Waals surface area contributed by atoms with Crippen molar-refractivity contribution in [3.63, 3.8) is 0 Å². The fourth-order valence-corrected chi connectivity index (χ4v) is 4.04. The van der Waals surface area contributed by atoms with Crippen molar-refractivity contribution in [3.8, 4) is 0 Å². The molecule has 0 bridgehead atoms. The van der Waals surface area contributed by atoms with Crippen LogP contribution in [-0.2, 0) is 4.79 Å². The summed E-state index contributed by atoms with van der Waals surface area (Å²) in [5.74, 6) is -0.619. The molecule has 26 heavy (non-hydrogen) atoms. The number of hydrogen-bond donors (Lipinski definition) is 1. The molecule has 0 aromatic rings. The summed E-state index contributed by atoms with van der Waals surface area (Å²) in [7, 11) is 0. The SMILES string of the molecule is CCCCCCCCCCC(C)(CCCCCCCCCC)CC(=O)O. The summed E-state index contributed by atoms with van der Waals surface area (Å²) >= 11 is 0. The second-order valence-corrected chi connectivity index (χ2v) is 8.83. The molecule has 0 aliphatic carbocycles. The number of rotatable bonds is 20. The second-order valence-electron chi connectivity index (χ2n) is 8.83. The molecule has 1 N–H and O–H groups in total. The minimum atomic E-state index is -0.619. The number of aliphatic carboxylic acids is 1. The van der Waals surface area contributed by atoms with Crippen LogP contribution in [0.1, 0.15) is 143 Å². The van der Waals surface area contributed by atoms with Gasteiger partial charge in [-0.15, -0.1) is 0 Å². The van der Waals surface area contributed by atoms with Gasteiger partial charge >= 0.3 is 5.97 Å². The van der Waals surface area contributed by atoms with E-state index in [2.05, 4.69) is 20.8 Å². The highest BCUT2D eigenvalue weighted by Gasteiger charge is 2.26. The van der Waals surface area contributed by atoms with Gasteiger partial charge < -0.3 is 5.11 Å². The normalized spacial score (nSPS) is 11.8. The van der Waals surface area contributed by atoms with Gasteiger partial charge in [-0.3, -0.25) is 4.79 Å². The van der Waals surface area contributed by atoms with Gasteiger partial charge in [-0.25, -0.2) is 0 Å². The number of hydrogen-bond acceptors (Lipinski definition) is 1. The van der Waals surface area contributed by atoms with Crippen LogP contribution in [-0.4, -0.2) is 11.1 Å². The lowest BCUT2D eigenvalue weighted by Crippen LogP contribution is -2.21. The maximum absolute atomic E-state index is 11.3. The van der Waals surface area contributed by atoms with Crippen molar-refractivity contribution in [1.29, 1.82) is 0 Å². The van der Waals surface area contributed by atoms with Gasteiger partial charge in [-0.05, 0) is 18.3 Å². The van der Waals surface area contributed by atoms with Gasteiger partial charge in [0.2, 0.25) is 0 Å². The zero-order valence-electron chi connectivity index (χ0n) is 18.3. The van der Waals surface area contributed by atoms with Gasteiger partial charge in [-0.1, -0.05) is 124 Å². The Morgan fingerprint density at radius 1 is 0.615 bits per heavy atom. The van der Waals surface area contributed by atoms with Gasteiger partial charge in [0.05, 0.1) is 6.42 Å². The summed E-state index contributed by atoms with van der Waals surface area (Å²) in [6.45, 7) is 6.73. The van der Waals surface area contributed by atoms with Crippen LogP contribution >= 0.6 is 0 Å². The minimum absolute atomic E-state index is 0.0102. The minimum Gasteiger partial charge on any atom is -0.481 e. The lowest BCUT2D eigenvalue weighted by atomic mass is 9.77. The third-order valence-electron chi connectivity index (χ3n) is 5.85. The highest BCUT2D eigenvalue weighted by atomic mass is 16.4. The summed E-state index contributed by atoms with van der Waals surface area (Å²) in [6.07, 6.45) is 23.7. The molecule has 0 spiro atoms. The zero-order chi connectivity index (χ0) is 19.5. The molecular formula is C24H48O2. The molecule has 0 rings (SSSR count). The monoisotopic (exact) mass is 368 g/mol. The Hall–Kier alpha value is -0.530. The van der Waals surface area contributed by atoms with E-state index < -0.39 is 5.97 Å². The summed E-state index contributed by atoms with van der Waals surface area (Å²) in [6, 6.07) is 0. The molecule has 0 heterocycles. The molecule has 0 saturated heterocycles. The average molecular weight is 369 g/mol. The third-order valence-corrected chi connectivity index (χ3v) is 5.85. The van der Waals surface area contributed by atoms with Crippen LogP contribution in [0, 0.1) is 5.41 Å². The van der Waals surface area contributed by atoms with E-state index in [0.717, 1.165) is 12.8 Å². The van der Waals surface area contributed by atoms with Crippen molar-refractivity contribution in [2.24, 2.45) is 5.41 Å². The standard InChI is InChI=1S/C24H48O2/c1-4-6-8-10-12-14-16-18-20-24(3,22-23(25)26)21-19-17-15-13-11-9-7-5-2/h4-22H2,1-3H3,(H,25,26). The van der Waals surface area contributed by atoms with E-state index in [0.29, 0.717) is 6.42 Å². The predicted molar refractivity (Wildman–Crippen MR) is 115 cm³/mol. The first-order chi connectivity index (χ1) is 12.5. The lowest BCUT2D eigenvalue weighted by Gasteiger charge is -2.28. The molecule has 0 atom stereocenters. The maximum atomic E-state index is 11.3. The first-order valence-corrected chi connectivity index (χ1v) is 11.8. The molecule has 0 saturated carbocycles. The topological polar surface area (TPSA) is 37.3 Å². The van der Waals surface area contributed by atoms with Crippen LogP contribution in [0.3, 0.4) is 0 Å². The molecule has 0 radical (unpaired) electrons. The molecule has 0 unspecified atom stereocenters. The van der Waals surface area contributed by atoms with Crippen molar-refractivity contribution in [2.75, 3.05) is 0 Å². The highest BCUT2D eigenvalue weighted by molar-refractivity contribution is 5.67. The van der Waals surface area contributed by atoms with Gasteiger partial charge in [0.1, 0.15) is 0 Å². The Morgan fingerprint density at radius 2 is 0.923 bits per heavy atom. The van der Waals surface area contributed by atoms with E-state index in [1.807, 2.05) is 0 Å². The summed E-state index contributed by atoms with van der Waals surface area (Å²) in [4.78, 5) is 11.3. The molecule has 156 valence electrons. The predicted octanol–water partition coefficient (Wildman–Crippen LogP) is 8.53. The van der Waals surface area contributed by atoms with Gasteiger partial charge in [-0.2, -0.15) is 0 Å². The first-order valence-electron chi connectivity index (χ1n) is 11.8. The van der Waals surface area contributed by atoms with Crippen molar-refractivity contribution >= 4 is 5.97 Å². The van der Waals surface area contributed by atoms with Crippen LogP contribution < -0.4 is 0 Å². The van der Waals surface area contributed by atoms with Crippen LogP contribution in [0.4, 0.5) is 0 Å². The van der Waals surface area contributed by atoms with E-state index in [9.17, 15) is 9.90 Å². The van der Waals surface area contributed by atoms with E-state index >= 15 is 0 Å². The van der Waals surface area contributed by atoms with E-state index in [1.54, 1.807) is 0 Å². The summed E-state index contributed by atoms with van der Waals surface area (Å²) in [5.41, 5.74) is 0.0102. The number of unbranched alkanes of at least 4 members (excludes halogenated alkanes) is 14. The van der Waals surface area contributed by atoms with Crippen molar-refractivity contribution in [1.82, 2.24) is 0 Å². The third kappa shape index (κ3) is 16.9. The molecule has 0 aromatic carbocycles. The van der Waals surface area contributed by atoms with E-state index in [4.69, 9.17) is 0 Å². The first kappa shape index (κ1) is 25.5. The molecular weight excluding hydrogens is 320 g/mol. The zero-order valence-corrected chi connectivity index (χ0v) is 18.3. The molecule has 0 fully saturated rings. The van der Waals surface area contributed by atoms with E-state index in [1.165, 1.54) is 103 Å². The van der Waals surface area contributed by atoms with Crippen LogP contribution in [0.25, 0.3) is 0 Å². The number of carboxylic acids is 1. The fraction of sp³-hybridized carbons (Fsp3) is 0.958. The highest BCUT2D eigenvalue weighted by Crippen LogP contribution is 2.35. The van der Waals surface area contributed by atoms with Crippen molar-refractivity contribution in [3.05, 3.63) is 0 Å².